The number of aromatic nitrogens is 1. The summed E-state index contributed by atoms with van der Waals surface area (Å²) in [6.07, 6.45) is 2.92. The first-order valence-electron chi connectivity index (χ1n) is 5.79. The van der Waals surface area contributed by atoms with Crippen LogP contribution in [0.1, 0.15) is 6.42 Å². The lowest BCUT2D eigenvalue weighted by molar-refractivity contribution is 0.0749. The van der Waals surface area contributed by atoms with Gasteiger partial charge in [-0.15, -0.1) is 0 Å². The first kappa shape index (κ1) is 11.4. The Hall–Kier alpha value is -1.13. The number of ether oxygens (including phenoxy) is 1. The molecule has 0 aliphatic carbocycles. The molecule has 1 aliphatic rings. The molecule has 0 radical (unpaired) electrons. The van der Waals surface area contributed by atoms with E-state index < -0.39 is 0 Å². The maximum atomic E-state index is 5.42. The largest absolute Gasteiger partial charge is 0.379 e. The van der Waals surface area contributed by atoms with Gasteiger partial charge < -0.3 is 15.0 Å². The average Bonchev–Trinajstić information content (AvgIpc) is 2.38. The lowest BCUT2D eigenvalue weighted by Gasteiger charge is -2.26. The minimum atomic E-state index is 0.486. The monoisotopic (exact) mass is 221 g/mol. The number of rotatable bonds is 4. The molecular weight excluding hydrogens is 202 g/mol. The van der Waals surface area contributed by atoms with Gasteiger partial charge in [0, 0.05) is 32.4 Å². The number of anilines is 1. The molecule has 16 heavy (non-hydrogen) atoms. The van der Waals surface area contributed by atoms with Crippen LogP contribution in [0.15, 0.2) is 24.4 Å². The maximum absolute atomic E-state index is 5.42. The van der Waals surface area contributed by atoms with Gasteiger partial charge in [-0.2, -0.15) is 0 Å². The molecule has 4 nitrogen and oxygen atoms in total. The average molecular weight is 221 g/mol. The Balaban J connectivity index is 1.77. The van der Waals surface area contributed by atoms with Crippen molar-refractivity contribution in [3.63, 3.8) is 0 Å². The van der Waals surface area contributed by atoms with Crippen LogP contribution in [0.2, 0.25) is 0 Å². The van der Waals surface area contributed by atoms with Crippen LogP contribution in [0.3, 0.4) is 0 Å². The first-order chi connectivity index (χ1) is 7.86. The Morgan fingerprint density at radius 2 is 2.50 bits per heavy atom. The van der Waals surface area contributed by atoms with E-state index in [0.717, 1.165) is 38.5 Å². The standard InChI is InChI=1S/C12H19N3O/c1-15(12-4-2-3-6-14-12)8-5-11-10-16-9-7-13-11/h2-4,6,11,13H,5,7-10H2,1H3. The van der Waals surface area contributed by atoms with E-state index in [2.05, 4.69) is 22.2 Å². The zero-order valence-corrected chi connectivity index (χ0v) is 9.72. The van der Waals surface area contributed by atoms with Crippen LogP contribution in [0.5, 0.6) is 0 Å². The molecule has 2 rings (SSSR count). The molecule has 1 aromatic rings. The van der Waals surface area contributed by atoms with E-state index in [4.69, 9.17) is 4.74 Å². The van der Waals surface area contributed by atoms with Crippen LogP contribution in [0.4, 0.5) is 5.82 Å². The summed E-state index contributed by atoms with van der Waals surface area (Å²) in [5, 5.41) is 3.45. The van der Waals surface area contributed by atoms with Crippen LogP contribution in [-0.2, 0) is 4.74 Å². The fourth-order valence-electron chi connectivity index (χ4n) is 1.85. The zero-order valence-electron chi connectivity index (χ0n) is 9.72. The van der Waals surface area contributed by atoms with E-state index in [-0.39, 0.29) is 0 Å². The third-order valence-corrected chi connectivity index (χ3v) is 2.85. The van der Waals surface area contributed by atoms with Crippen LogP contribution < -0.4 is 10.2 Å². The summed E-state index contributed by atoms with van der Waals surface area (Å²) < 4.78 is 5.42. The number of nitrogens with zero attached hydrogens (tertiary/aromatic N) is 2. The summed E-state index contributed by atoms with van der Waals surface area (Å²) in [6.45, 7) is 3.64. The van der Waals surface area contributed by atoms with Gasteiger partial charge in [-0.25, -0.2) is 4.98 Å². The number of hydrogen-bond acceptors (Lipinski definition) is 4. The van der Waals surface area contributed by atoms with Crippen LogP contribution in [0, 0.1) is 0 Å². The highest BCUT2D eigenvalue weighted by molar-refractivity contribution is 5.36. The van der Waals surface area contributed by atoms with Gasteiger partial charge in [0.1, 0.15) is 5.82 Å². The maximum Gasteiger partial charge on any atom is 0.128 e. The van der Waals surface area contributed by atoms with Gasteiger partial charge in [-0.3, -0.25) is 0 Å². The molecule has 1 atom stereocenters. The molecule has 0 aromatic carbocycles. The van der Waals surface area contributed by atoms with Gasteiger partial charge in [0.2, 0.25) is 0 Å². The molecule has 1 N–H and O–H groups in total. The van der Waals surface area contributed by atoms with E-state index >= 15 is 0 Å². The molecule has 1 fully saturated rings. The topological polar surface area (TPSA) is 37.4 Å². The Kier molecular flexibility index (Phi) is 4.13. The van der Waals surface area contributed by atoms with Gasteiger partial charge in [0.05, 0.1) is 13.2 Å². The highest BCUT2D eigenvalue weighted by atomic mass is 16.5. The van der Waals surface area contributed by atoms with E-state index in [1.807, 2.05) is 24.4 Å². The highest BCUT2D eigenvalue weighted by Crippen LogP contribution is 2.08. The Bertz CT molecular complexity index is 298. The summed E-state index contributed by atoms with van der Waals surface area (Å²) in [4.78, 5) is 6.49. The number of hydrogen-bond donors (Lipinski definition) is 1. The lowest BCUT2D eigenvalue weighted by atomic mass is 10.2. The Labute approximate surface area is 96.6 Å². The summed E-state index contributed by atoms with van der Waals surface area (Å²) >= 11 is 0. The second-order valence-electron chi connectivity index (χ2n) is 4.12. The quantitative estimate of drug-likeness (QED) is 0.819. The van der Waals surface area contributed by atoms with Gasteiger partial charge in [0.15, 0.2) is 0 Å². The van der Waals surface area contributed by atoms with Gasteiger partial charge in [-0.1, -0.05) is 6.07 Å². The van der Waals surface area contributed by atoms with Crippen LogP contribution in [0.25, 0.3) is 0 Å². The van der Waals surface area contributed by atoms with Crippen molar-refractivity contribution in [2.24, 2.45) is 0 Å². The third kappa shape index (κ3) is 3.18. The normalized spacial score (nSPS) is 20.7. The van der Waals surface area contributed by atoms with Gasteiger partial charge in [0.25, 0.3) is 0 Å². The second-order valence-corrected chi connectivity index (χ2v) is 4.12. The fourth-order valence-corrected chi connectivity index (χ4v) is 1.85. The summed E-state index contributed by atoms with van der Waals surface area (Å²) in [6, 6.07) is 6.47. The van der Waals surface area contributed by atoms with E-state index in [1.54, 1.807) is 0 Å². The van der Waals surface area contributed by atoms with Crippen molar-refractivity contribution in [2.75, 3.05) is 38.3 Å². The molecule has 1 saturated heterocycles. The van der Waals surface area contributed by atoms with Crippen molar-refractivity contribution in [1.29, 1.82) is 0 Å². The smallest absolute Gasteiger partial charge is 0.128 e. The molecule has 1 aliphatic heterocycles. The zero-order chi connectivity index (χ0) is 11.2. The van der Waals surface area contributed by atoms with Crippen molar-refractivity contribution < 1.29 is 4.74 Å². The molecule has 1 aromatic heterocycles. The predicted molar refractivity (Wildman–Crippen MR) is 64.7 cm³/mol. The molecule has 88 valence electrons. The fraction of sp³-hybridized carbons (Fsp3) is 0.583. The Morgan fingerprint density at radius 1 is 1.56 bits per heavy atom. The summed E-state index contributed by atoms with van der Waals surface area (Å²) in [5.74, 6) is 1.03. The number of morpholine rings is 1. The molecule has 0 amide bonds. The number of nitrogens with one attached hydrogen (secondary N) is 1. The third-order valence-electron chi connectivity index (χ3n) is 2.85. The summed E-state index contributed by atoms with van der Waals surface area (Å²) in [7, 11) is 2.08. The van der Waals surface area contributed by atoms with Crippen molar-refractivity contribution in [1.82, 2.24) is 10.3 Å². The van der Waals surface area contributed by atoms with Crippen molar-refractivity contribution in [3.8, 4) is 0 Å². The summed E-state index contributed by atoms with van der Waals surface area (Å²) in [5.41, 5.74) is 0. The lowest BCUT2D eigenvalue weighted by Crippen LogP contribution is -2.43. The van der Waals surface area contributed by atoms with Crippen molar-refractivity contribution in [3.05, 3.63) is 24.4 Å². The molecule has 4 heteroatoms. The SMILES string of the molecule is CN(CCC1COCCN1)c1ccccn1. The molecule has 2 heterocycles. The molecule has 0 saturated carbocycles. The van der Waals surface area contributed by atoms with E-state index in [1.165, 1.54) is 0 Å². The minimum Gasteiger partial charge on any atom is -0.379 e. The molecular formula is C12H19N3O. The second kappa shape index (κ2) is 5.82. The molecule has 0 spiro atoms. The van der Waals surface area contributed by atoms with E-state index in [0.29, 0.717) is 6.04 Å². The molecule has 0 bridgehead atoms. The number of pyridine rings is 1. The van der Waals surface area contributed by atoms with Crippen LogP contribution >= 0.6 is 0 Å². The first-order valence-corrected chi connectivity index (χ1v) is 5.79. The van der Waals surface area contributed by atoms with Crippen molar-refractivity contribution >= 4 is 5.82 Å². The predicted octanol–water partition coefficient (Wildman–Crippen LogP) is 0.896. The van der Waals surface area contributed by atoms with Crippen molar-refractivity contribution in [2.45, 2.75) is 12.5 Å². The Morgan fingerprint density at radius 3 is 3.19 bits per heavy atom. The van der Waals surface area contributed by atoms with Gasteiger partial charge in [-0.05, 0) is 18.6 Å². The van der Waals surface area contributed by atoms with Crippen LogP contribution in [-0.4, -0.2) is 44.4 Å². The minimum absolute atomic E-state index is 0.486. The van der Waals surface area contributed by atoms with Gasteiger partial charge >= 0.3 is 0 Å². The highest BCUT2D eigenvalue weighted by Gasteiger charge is 2.13. The molecule has 1 unspecified atom stereocenters. The van der Waals surface area contributed by atoms with E-state index in [9.17, 15) is 0 Å².